The summed E-state index contributed by atoms with van der Waals surface area (Å²) >= 11 is 0. The van der Waals surface area contributed by atoms with Crippen molar-refractivity contribution in [3.05, 3.63) is 41.0 Å². The van der Waals surface area contributed by atoms with Crippen LogP contribution in [0, 0.1) is 10.1 Å². The zero-order valence-corrected chi connectivity index (χ0v) is 15.4. The molecule has 0 N–H and O–H groups in total. The van der Waals surface area contributed by atoms with Gasteiger partial charge in [0.2, 0.25) is 0 Å². The summed E-state index contributed by atoms with van der Waals surface area (Å²) in [5.74, 6) is 0. The number of nitro groups is 1. The highest BCUT2D eigenvalue weighted by atomic mass is 28.3. The fraction of sp³-hybridized carbons (Fsp3) is 0.400. The van der Waals surface area contributed by atoms with Crippen LogP contribution in [0.1, 0.15) is 0 Å². The molecule has 0 unspecified atom stereocenters. The standard InChI is InChI=1S/C15H20N6O3Si/c1-25(2,3)8-7-24-11-19-10-13(21(22)23)14(18-19)12-9-17-20-6-4-5-16-15(12)20/h4-6,9-10H,7-8,11H2,1-3H3. The van der Waals surface area contributed by atoms with Crippen molar-refractivity contribution in [2.24, 2.45) is 0 Å². The molecule has 0 bridgehead atoms. The molecule has 3 aromatic heterocycles. The molecule has 0 saturated carbocycles. The van der Waals surface area contributed by atoms with Gasteiger partial charge >= 0.3 is 5.69 Å². The van der Waals surface area contributed by atoms with E-state index in [0.717, 1.165) is 6.04 Å². The van der Waals surface area contributed by atoms with Crippen LogP contribution in [0.3, 0.4) is 0 Å². The average molecular weight is 360 g/mol. The SMILES string of the molecule is C[Si](C)(C)CCOCn1cc([N+](=O)[O-])c(-c2cnn3cccnc23)n1. The van der Waals surface area contributed by atoms with E-state index >= 15 is 0 Å². The Morgan fingerprint density at radius 1 is 1.36 bits per heavy atom. The molecule has 0 aliphatic carbocycles. The van der Waals surface area contributed by atoms with Crippen molar-refractivity contribution < 1.29 is 9.66 Å². The third-order valence-electron chi connectivity index (χ3n) is 3.69. The number of ether oxygens (including phenoxy) is 1. The van der Waals surface area contributed by atoms with Gasteiger partial charge in [-0.2, -0.15) is 10.2 Å². The zero-order valence-electron chi connectivity index (χ0n) is 14.4. The Balaban J connectivity index is 1.84. The van der Waals surface area contributed by atoms with E-state index in [1.165, 1.54) is 17.1 Å². The van der Waals surface area contributed by atoms with E-state index in [4.69, 9.17) is 4.74 Å². The highest BCUT2D eigenvalue weighted by Crippen LogP contribution is 2.30. The van der Waals surface area contributed by atoms with Crippen LogP contribution in [0.25, 0.3) is 16.9 Å². The number of fused-ring (bicyclic) bond motifs is 1. The van der Waals surface area contributed by atoms with Crippen LogP contribution in [0.15, 0.2) is 30.9 Å². The van der Waals surface area contributed by atoms with Gasteiger partial charge in [0, 0.05) is 27.1 Å². The van der Waals surface area contributed by atoms with Crippen molar-refractivity contribution in [1.29, 1.82) is 0 Å². The van der Waals surface area contributed by atoms with Crippen molar-refractivity contribution in [3.63, 3.8) is 0 Å². The molecule has 0 radical (unpaired) electrons. The first-order valence-corrected chi connectivity index (χ1v) is 11.6. The normalized spacial score (nSPS) is 12.0. The minimum Gasteiger partial charge on any atom is -0.360 e. The van der Waals surface area contributed by atoms with Crippen LogP contribution in [0.2, 0.25) is 25.7 Å². The Hall–Kier alpha value is -2.59. The minimum absolute atomic E-state index is 0.0886. The summed E-state index contributed by atoms with van der Waals surface area (Å²) in [5, 5.41) is 19.9. The fourth-order valence-corrected chi connectivity index (χ4v) is 3.09. The van der Waals surface area contributed by atoms with E-state index in [1.807, 2.05) is 0 Å². The van der Waals surface area contributed by atoms with Gasteiger partial charge in [0.1, 0.15) is 12.9 Å². The fourth-order valence-electron chi connectivity index (χ4n) is 2.33. The second-order valence-electron chi connectivity index (χ2n) is 6.95. The molecule has 0 saturated heterocycles. The van der Waals surface area contributed by atoms with Gasteiger partial charge in [0.25, 0.3) is 0 Å². The van der Waals surface area contributed by atoms with Crippen LogP contribution in [0.5, 0.6) is 0 Å². The van der Waals surface area contributed by atoms with E-state index < -0.39 is 13.0 Å². The minimum atomic E-state index is -1.18. The van der Waals surface area contributed by atoms with Crippen molar-refractivity contribution in [3.8, 4) is 11.3 Å². The second kappa shape index (κ2) is 6.73. The quantitative estimate of drug-likeness (QED) is 0.278. The first-order valence-electron chi connectivity index (χ1n) is 7.93. The van der Waals surface area contributed by atoms with Crippen LogP contribution in [0.4, 0.5) is 5.69 Å². The molecular weight excluding hydrogens is 340 g/mol. The molecule has 0 aromatic carbocycles. The highest BCUT2D eigenvalue weighted by molar-refractivity contribution is 6.76. The number of aromatic nitrogens is 5. The number of hydrogen-bond acceptors (Lipinski definition) is 6. The predicted octanol–water partition coefficient (Wildman–Crippen LogP) is 2.81. The molecule has 0 spiro atoms. The Bertz CT molecular complexity index is 898. The highest BCUT2D eigenvalue weighted by Gasteiger charge is 2.24. The molecule has 132 valence electrons. The van der Waals surface area contributed by atoms with Gasteiger partial charge in [-0.3, -0.25) is 10.1 Å². The van der Waals surface area contributed by atoms with E-state index in [9.17, 15) is 10.1 Å². The van der Waals surface area contributed by atoms with Gasteiger partial charge in [-0.05, 0) is 12.1 Å². The van der Waals surface area contributed by atoms with Gasteiger partial charge in [0.05, 0.1) is 16.7 Å². The van der Waals surface area contributed by atoms with Crippen molar-refractivity contribution in [2.75, 3.05) is 6.61 Å². The topological polar surface area (TPSA) is 100 Å². The summed E-state index contributed by atoms with van der Waals surface area (Å²) in [6, 6.07) is 2.77. The molecule has 3 heterocycles. The van der Waals surface area contributed by atoms with Gasteiger partial charge in [0.15, 0.2) is 11.3 Å². The lowest BCUT2D eigenvalue weighted by atomic mass is 10.2. The smallest absolute Gasteiger partial charge is 0.315 e. The lowest BCUT2D eigenvalue weighted by Gasteiger charge is -2.15. The average Bonchev–Trinajstić information content (AvgIpc) is 3.14. The molecule has 10 heteroatoms. The summed E-state index contributed by atoms with van der Waals surface area (Å²) in [4.78, 5) is 15.2. The third-order valence-corrected chi connectivity index (χ3v) is 5.40. The predicted molar refractivity (Wildman–Crippen MR) is 95.0 cm³/mol. The summed E-state index contributed by atoms with van der Waals surface area (Å²) < 4.78 is 8.63. The zero-order chi connectivity index (χ0) is 18.0. The number of nitrogens with zero attached hydrogens (tertiary/aromatic N) is 6. The Morgan fingerprint density at radius 3 is 2.88 bits per heavy atom. The first kappa shape index (κ1) is 17.2. The van der Waals surface area contributed by atoms with E-state index in [1.54, 1.807) is 23.0 Å². The van der Waals surface area contributed by atoms with Crippen molar-refractivity contribution >= 4 is 19.4 Å². The van der Waals surface area contributed by atoms with Gasteiger partial charge in [-0.1, -0.05) is 19.6 Å². The molecule has 3 rings (SSSR count). The Kier molecular flexibility index (Phi) is 4.64. The maximum atomic E-state index is 11.4. The monoisotopic (exact) mass is 360 g/mol. The van der Waals surface area contributed by atoms with E-state index in [2.05, 4.69) is 34.8 Å². The van der Waals surface area contributed by atoms with Crippen LogP contribution >= 0.6 is 0 Å². The van der Waals surface area contributed by atoms with Gasteiger partial charge in [-0.15, -0.1) is 0 Å². The Morgan fingerprint density at radius 2 is 2.16 bits per heavy atom. The third kappa shape index (κ3) is 3.91. The molecule has 0 fully saturated rings. The van der Waals surface area contributed by atoms with Crippen LogP contribution < -0.4 is 0 Å². The van der Waals surface area contributed by atoms with Crippen molar-refractivity contribution in [2.45, 2.75) is 32.4 Å². The first-order chi connectivity index (χ1) is 11.8. The maximum Gasteiger partial charge on any atom is 0.315 e. The van der Waals surface area contributed by atoms with E-state index in [-0.39, 0.29) is 18.1 Å². The van der Waals surface area contributed by atoms with Crippen LogP contribution in [-0.2, 0) is 11.5 Å². The molecule has 0 aliphatic rings. The molecule has 25 heavy (non-hydrogen) atoms. The van der Waals surface area contributed by atoms with Gasteiger partial charge in [-0.25, -0.2) is 14.2 Å². The van der Waals surface area contributed by atoms with E-state index in [0.29, 0.717) is 17.8 Å². The summed E-state index contributed by atoms with van der Waals surface area (Å²) in [7, 11) is -1.18. The number of rotatable bonds is 7. The molecule has 0 amide bonds. The Labute approximate surface area is 145 Å². The molecule has 0 aliphatic heterocycles. The summed E-state index contributed by atoms with van der Waals surface area (Å²) in [6.45, 7) is 7.61. The largest absolute Gasteiger partial charge is 0.360 e. The lowest BCUT2D eigenvalue weighted by Crippen LogP contribution is -2.22. The molecule has 9 nitrogen and oxygen atoms in total. The molecule has 3 aromatic rings. The maximum absolute atomic E-state index is 11.4. The molecule has 0 atom stereocenters. The number of hydrogen-bond donors (Lipinski definition) is 0. The summed E-state index contributed by atoms with van der Waals surface area (Å²) in [6.07, 6.45) is 6.27. The van der Waals surface area contributed by atoms with Gasteiger partial charge < -0.3 is 4.74 Å². The van der Waals surface area contributed by atoms with Crippen molar-refractivity contribution in [1.82, 2.24) is 24.4 Å². The summed E-state index contributed by atoms with van der Waals surface area (Å²) in [5.41, 5.74) is 1.20. The molecular formula is C15H20N6O3Si. The second-order valence-corrected chi connectivity index (χ2v) is 12.6. The lowest BCUT2D eigenvalue weighted by molar-refractivity contribution is -0.384. The van der Waals surface area contributed by atoms with Crippen LogP contribution in [-0.4, -0.2) is 44.0 Å².